The van der Waals surface area contributed by atoms with Gasteiger partial charge in [0.2, 0.25) is 11.8 Å². The molecule has 28 heavy (non-hydrogen) atoms. The van der Waals surface area contributed by atoms with Gasteiger partial charge < -0.3 is 20.3 Å². The van der Waals surface area contributed by atoms with Crippen molar-refractivity contribution < 1.29 is 9.53 Å². The third-order valence-electron chi connectivity index (χ3n) is 5.49. The maximum atomic E-state index is 12.7. The number of hydrogen-bond donors (Lipinski definition) is 2. The van der Waals surface area contributed by atoms with Crippen molar-refractivity contribution in [1.82, 2.24) is 20.5 Å². The van der Waals surface area contributed by atoms with E-state index in [0.29, 0.717) is 18.3 Å². The van der Waals surface area contributed by atoms with Gasteiger partial charge in [0.05, 0.1) is 7.11 Å². The second-order valence-electron chi connectivity index (χ2n) is 7.38. The lowest BCUT2D eigenvalue weighted by Gasteiger charge is -2.26. The number of amides is 1. The standard InChI is InChI=1S/C20H31N5O2.HI/c1-21-20(23-13-15-8-10-22-18(12-15)27-2)24-17-9-11-25(14-17)19(26)16-6-4-3-5-7-16;/h8,10,12,16-17H,3-7,9,11,13-14H2,1-2H3,(H2,21,23,24);1H. The summed E-state index contributed by atoms with van der Waals surface area (Å²) in [6.07, 6.45) is 8.49. The Labute approximate surface area is 184 Å². The van der Waals surface area contributed by atoms with Crippen molar-refractivity contribution in [2.75, 3.05) is 27.2 Å². The van der Waals surface area contributed by atoms with Gasteiger partial charge in [0.15, 0.2) is 5.96 Å². The van der Waals surface area contributed by atoms with Crippen molar-refractivity contribution in [2.24, 2.45) is 10.9 Å². The Balaban J connectivity index is 0.00000280. The molecule has 2 aliphatic rings. The molecule has 1 amide bonds. The number of nitrogens with zero attached hydrogens (tertiary/aromatic N) is 3. The van der Waals surface area contributed by atoms with Gasteiger partial charge in [-0.1, -0.05) is 19.3 Å². The number of rotatable bonds is 5. The molecule has 2 heterocycles. The van der Waals surface area contributed by atoms with Crippen molar-refractivity contribution in [1.29, 1.82) is 0 Å². The average molecular weight is 501 g/mol. The minimum atomic E-state index is 0. The summed E-state index contributed by atoms with van der Waals surface area (Å²) in [7, 11) is 3.38. The molecule has 7 nitrogen and oxygen atoms in total. The van der Waals surface area contributed by atoms with Gasteiger partial charge in [0.1, 0.15) is 0 Å². The highest BCUT2D eigenvalue weighted by Gasteiger charge is 2.31. The number of aliphatic imine (C=N–C) groups is 1. The molecule has 3 rings (SSSR count). The van der Waals surface area contributed by atoms with Crippen LogP contribution < -0.4 is 15.4 Å². The Morgan fingerprint density at radius 2 is 2.11 bits per heavy atom. The van der Waals surface area contributed by atoms with Gasteiger partial charge in [-0.3, -0.25) is 9.79 Å². The Hall–Kier alpha value is -1.58. The molecule has 0 bridgehead atoms. The number of ether oxygens (including phenoxy) is 1. The van der Waals surface area contributed by atoms with Gasteiger partial charge >= 0.3 is 0 Å². The van der Waals surface area contributed by atoms with Crippen LogP contribution in [0.15, 0.2) is 23.3 Å². The first-order chi connectivity index (χ1) is 13.2. The largest absolute Gasteiger partial charge is 0.481 e. The number of carbonyl (C=O) groups excluding carboxylic acids is 1. The van der Waals surface area contributed by atoms with Gasteiger partial charge in [0, 0.05) is 50.9 Å². The molecule has 0 spiro atoms. The van der Waals surface area contributed by atoms with Crippen LogP contribution in [0.2, 0.25) is 0 Å². The highest BCUT2D eigenvalue weighted by Crippen LogP contribution is 2.26. The number of nitrogens with one attached hydrogen (secondary N) is 2. The van der Waals surface area contributed by atoms with Crippen molar-refractivity contribution in [3.63, 3.8) is 0 Å². The normalized spacial score (nSPS) is 20.4. The first-order valence-electron chi connectivity index (χ1n) is 9.94. The Bertz CT molecular complexity index is 664. The molecule has 8 heteroatoms. The Morgan fingerprint density at radius 3 is 2.82 bits per heavy atom. The zero-order valence-electron chi connectivity index (χ0n) is 16.8. The fourth-order valence-electron chi connectivity index (χ4n) is 3.93. The van der Waals surface area contributed by atoms with E-state index < -0.39 is 0 Å². The number of guanidine groups is 1. The third kappa shape index (κ3) is 6.22. The molecule has 156 valence electrons. The number of carbonyl (C=O) groups is 1. The summed E-state index contributed by atoms with van der Waals surface area (Å²) in [6, 6.07) is 4.10. The van der Waals surface area contributed by atoms with E-state index in [1.807, 2.05) is 17.0 Å². The number of aromatic nitrogens is 1. The molecule has 1 unspecified atom stereocenters. The summed E-state index contributed by atoms with van der Waals surface area (Å²) >= 11 is 0. The zero-order valence-corrected chi connectivity index (χ0v) is 19.1. The maximum Gasteiger partial charge on any atom is 0.225 e. The van der Waals surface area contributed by atoms with Crippen LogP contribution in [0, 0.1) is 5.92 Å². The minimum absolute atomic E-state index is 0. The van der Waals surface area contributed by atoms with Gasteiger partial charge in [-0.05, 0) is 30.9 Å². The maximum absolute atomic E-state index is 12.7. The summed E-state index contributed by atoms with van der Waals surface area (Å²) in [6.45, 7) is 2.24. The summed E-state index contributed by atoms with van der Waals surface area (Å²) < 4.78 is 5.16. The van der Waals surface area contributed by atoms with Crippen LogP contribution in [0.4, 0.5) is 0 Å². The predicted molar refractivity (Wildman–Crippen MR) is 121 cm³/mol. The van der Waals surface area contributed by atoms with Crippen LogP contribution in [-0.2, 0) is 11.3 Å². The Morgan fingerprint density at radius 1 is 1.32 bits per heavy atom. The van der Waals surface area contributed by atoms with E-state index in [1.54, 1.807) is 20.4 Å². The molecule has 2 N–H and O–H groups in total. The molecular formula is C20H32IN5O2. The first-order valence-corrected chi connectivity index (χ1v) is 9.94. The molecule has 0 radical (unpaired) electrons. The number of hydrogen-bond acceptors (Lipinski definition) is 4. The van der Waals surface area contributed by atoms with Gasteiger partial charge in [0.25, 0.3) is 0 Å². The van der Waals surface area contributed by atoms with Crippen LogP contribution >= 0.6 is 24.0 Å². The zero-order chi connectivity index (χ0) is 19.1. The van der Waals surface area contributed by atoms with E-state index in [-0.39, 0.29) is 35.9 Å². The minimum Gasteiger partial charge on any atom is -0.481 e. The summed E-state index contributed by atoms with van der Waals surface area (Å²) in [5, 5.41) is 6.77. The van der Waals surface area contributed by atoms with Crippen molar-refractivity contribution >= 4 is 35.8 Å². The average Bonchev–Trinajstić information content (AvgIpc) is 3.19. The SMILES string of the molecule is CN=C(NCc1ccnc(OC)c1)NC1CCN(C(=O)C2CCCCC2)C1.I. The van der Waals surface area contributed by atoms with E-state index in [9.17, 15) is 4.79 Å². The fraction of sp³-hybridized carbons (Fsp3) is 0.650. The lowest BCUT2D eigenvalue weighted by Crippen LogP contribution is -2.45. The topological polar surface area (TPSA) is 78.9 Å². The van der Waals surface area contributed by atoms with Crippen LogP contribution in [0.1, 0.15) is 44.1 Å². The van der Waals surface area contributed by atoms with Gasteiger partial charge in [-0.25, -0.2) is 4.98 Å². The van der Waals surface area contributed by atoms with Gasteiger partial charge in [-0.15, -0.1) is 24.0 Å². The first kappa shape index (κ1) is 22.7. The lowest BCUT2D eigenvalue weighted by atomic mass is 9.88. The monoisotopic (exact) mass is 501 g/mol. The third-order valence-corrected chi connectivity index (χ3v) is 5.49. The quantitative estimate of drug-likeness (QED) is 0.369. The summed E-state index contributed by atoms with van der Waals surface area (Å²) in [5.41, 5.74) is 1.07. The second kappa shape index (κ2) is 11.4. The van der Waals surface area contributed by atoms with Crippen molar-refractivity contribution in [2.45, 2.75) is 51.1 Å². The molecule has 1 saturated heterocycles. The van der Waals surface area contributed by atoms with E-state index >= 15 is 0 Å². The number of likely N-dealkylation sites (tertiary alicyclic amines) is 1. The molecular weight excluding hydrogens is 469 g/mol. The molecule has 1 aliphatic carbocycles. The van der Waals surface area contributed by atoms with E-state index in [4.69, 9.17) is 4.74 Å². The van der Waals surface area contributed by atoms with Crippen LogP contribution in [0.3, 0.4) is 0 Å². The molecule has 1 saturated carbocycles. The number of halogens is 1. The highest BCUT2D eigenvalue weighted by molar-refractivity contribution is 14.0. The Kier molecular flexibility index (Phi) is 9.27. The number of pyridine rings is 1. The molecule has 2 fully saturated rings. The second-order valence-corrected chi connectivity index (χ2v) is 7.38. The summed E-state index contributed by atoms with van der Waals surface area (Å²) in [5.74, 6) is 1.95. The molecule has 1 aromatic heterocycles. The molecule has 0 aromatic carbocycles. The molecule has 1 atom stereocenters. The highest BCUT2D eigenvalue weighted by atomic mass is 127. The smallest absolute Gasteiger partial charge is 0.225 e. The van der Waals surface area contributed by atoms with Crippen molar-refractivity contribution in [3.05, 3.63) is 23.9 Å². The summed E-state index contributed by atoms with van der Waals surface area (Å²) in [4.78, 5) is 23.2. The van der Waals surface area contributed by atoms with Crippen LogP contribution in [0.5, 0.6) is 5.88 Å². The van der Waals surface area contributed by atoms with Gasteiger partial charge in [-0.2, -0.15) is 0 Å². The van der Waals surface area contributed by atoms with E-state index in [0.717, 1.165) is 43.9 Å². The van der Waals surface area contributed by atoms with E-state index in [1.165, 1.54) is 19.3 Å². The fourth-order valence-corrected chi connectivity index (χ4v) is 3.93. The van der Waals surface area contributed by atoms with E-state index in [2.05, 4.69) is 20.6 Å². The van der Waals surface area contributed by atoms with Crippen molar-refractivity contribution in [3.8, 4) is 5.88 Å². The van der Waals surface area contributed by atoms with Crippen LogP contribution in [0.25, 0.3) is 0 Å². The number of methoxy groups -OCH3 is 1. The molecule has 1 aliphatic heterocycles. The lowest BCUT2D eigenvalue weighted by molar-refractivity contribution is -0.135. The predicted octanol–water partition coefficient (Wildman–Crippen LogP) is 2.55. The van der Waals surface area contributed by atoms with Crippen LogP contribution in [-0.4, -0.2) is 55.0 Å². The molecule has 1 aromatic rings.